The van der Waals surface area contributed by atoms with E-state index in [1.165, 1.54) is 10.4 Å². The van der Waals surface area contributed by atoms with Crippen molar-refractivity contribution in [1.82, 2.24) is 9.80 Å². The fourth-order valence-corrected chi connectivity index (χ4v) is 5.37. The lowest BCUT2D eigenvalue weighted by atomic mass is 10.0. The summed E-state index contributed by atoms with van der Waals surface area (Å²) in [5, 5.41) is 5.03. The minimum absolute atomic E-state index is 0.0242. The Bertz CT molecular complexity index is 1170. The van der Waals surface area contributed by atoms with Gasteiger partial charge in [-0.1, -0.05) is 49.2 Å². The zero-order chi connectivity index (χ0) is 25.7. The highest BCUT2D eigenvalue weighted by Gasteiger charge is 2.33. The van der Waals surface area contributed by atoms with Crippen LogP contribution in [0.2, 0.25) is 0 Å². The van der Waals surface area contributed by atoms with Crippen LogP contribution in [0.5, 0.6) is 5.75 Å². The van der Waals surface area contributed by atoms with Gasteiger partial charge in [0.25, 0.3) is 0 Å². The van der Waals surface area contributed by atoms with Gasteiger partial charge in [-0.25, -0.2) is 4.79 Å². The number of nitrogens with one attached hydrogen (secondary N) is 1. The Morgan fingerprint density at radius 1 is 1.06 bits per heavy atom. The van der Waals surface area contributed by atoms with Gasteiger partial charge < -0.3 is 19.9 Å². The second-order valence-electron chi connectivity index (χ2n) is 9.85. The molecule has 4 rings (SSSR count). The molecule has 2 heterocycles. The van der Waals surface area contributed by atoms with Crippen molar-refractivity contribution in [1.29, 1.82) is 0 Å². The zero-order valence-electron chi connectivity index (χ0n) is 21.5. The van der Waals surface area contributed by atoms with E-state index in [1.807, 2.05) is 81.1 Å². The number of urea groups is 1. The number of carbonyl (C=O) groups is 2. The Labute approximate surface area is 217 Å². The van der Waals surface area contributed by atoms with Gasteiger partial charge in [0.15, 0.2) is 0 Å². The lowest BCUT2D eigenvalue weighted by molar-refractivity contribution is -0.135. The lowest BCUT2D eigenvalue weighted by Crippen LogP contribution is -2.49. The van der Waals surface area contributed by atoms with Gasteiger partial charge in [0, 0.05) is 23.7 Å². The molecule has 2 aromatic carbocycles. The Kier molecular flexibility index (Phi) is 8.31. The van der Waals surface area contributed by atoms with Crippen molar-refractivity contribution in [2.24, 2.45) is 5.92 Å². The summed E-state index contributed by atoms with van der Waals surface area (Å²) in [4.78, 5) is 31.6. The summed E-state index contributed by atoms with van der Waals surface area (Å²) in [6, 6.07) is 17.3. The van der Waals surface area contributed by atoms with E-state index in [0.717, 1.165) is 29.0 Å². The second kappa shape index (κ2) is 11.6. The number of rotatable bonds is 8. The fraction of sp³-hybridized carbons (Fsp3) is 0.379. The molecule has 0 fully saturated rings. The highest BCUT2D eigenvalue weighted by atomic mass is 32.1. The van der Waals surface area contributed by atoms with Gasteiger partial charge in [0.1, 0.15) is 18.9 Å². The van der Waals surface area contributed by atoms with Crippen molar-refractivity contribution in [3.63, 3.8) is 0 Å². The number of ether oxygens (including phenoxy) is 1. The molecule has 0 saturated carbocycles. The summed E-state index contributed by atoms with van der Waals surface area (Å²) >= 11 is 1.73. The van der Waals surface area contributed by atoms with E-state index < -0.39 is 0 Å². The summed E-state index contributed by atoms with van der Waals surface area (Å²) in [5.41, 5.74) is 4.16. The van der Waals surface area contributed by atoms with Crippen molar-refractivity contribution in [2.45, 2.75) is 40.2 Å². The van der Waals surface area contributed by atoms with Gasteiger partial charge in [-0.05, 0) is 67.5 Å². The number of hydrogen-bond donors (Lipinski definition) is 1. The maximum atomic E-state index is 13.6. The molecule has 1 aromatic heterocycles. The van der Waals surface area contributed by atoms with E-state index in [4.69, 9.17) is 4.74 Å². The number of carbonyl (C=O) groups excluding carboxylic acids is 2. The highest BCUT2D eigenvalue weighted by Crippen LogP contribution is 2.34. The van der Waals surface area contributed by atoms with Crippen LogP contribution in [0.1, 0.15) is 41.5 Å². The first kappa shape index (κ1) is 25.8. The topological polar surface area (TPSA) is 61.9 Å². The average molecular weight is 506 g/mol. The molecule has 3 amide bonds. The Morgan fingerprint density at radius 3 is 2.39 bits per heavy atom. The molecule has 36 heavy (non-hydrogen) atoms. The van der Waals surface area contributed by atoms with E-state index in [0.29, 0.717) is 19.7 Å². The van der Waals surface area contributed by atoms with E-state index in [-0.39, 0.29) is 30.4 Å². The third-order valence-corrected chi connectivity index (χ3v) is 7.34. The first-order valence-corrected chi connectivity index (χ1v) is 13.4. The van der Waals surface area contributed by atoms with Crippen LogP contribution in [0.3, 0.4) is 0 Å². The highest BCUT2D eigenvalue weighted by molar-refractivity contribution is 7.10. The normalized spacial score (nSPS) is 14.9. The largest absolute Gasteiger partial charge is 0.491 e. The zero-order valence-corrected chi connectivity index (χ0v) is 22.3. The summed E-state index contributed by atoms with van der Waals surface area (Å²) in [5.74, 6) is 0.949. The first-order valence-electron chi connectivity index (χ1n) is 12.5. The number of fused-ring (bicyclic) bond motifs is 1. The molecule has 1 N–H and O–H groups in total. The van der Waals surface area contributed by atoms with Gasteiger partial charge in [-0.2, -0.15) is 0 Å². The number of benzene rings is 2. The molecular weight excluding hydrogens is 470 g/mol. The summed E-state index contributed by atoms with van der Waals surface area (Å²) in [6.07, 6.45) is 0.819. The monoisotopic (exact) mass is 505 g/mol. The van der Waals surface area contributed by atoms with Gasteiger partial charge >= 0.3 is 6.03 Å². The van der Waals surface area contributed by atoms with Gasteiger partial charge in [-0.3, -0.25) is 4.79 Å². The Hall–Kier alpha value is -3.32. The van der Waals surface area contributed by atoms with Gasteiger partial charge in [0.05, 0.1) is 6.04 Å². The molecule has 7 heteroatoms. The number of aryl methyl sites for hydroxylation is 2. The minimum Gasteiger partial charge on any atom is -0.491 e. The maximum absolute atomic E-state index is 13.6. The van der Waals surface area contributed by atoms with Crippen molar-refractivity contribution < 1.29 is 14.3 Å². The van der Waals surface area contributed by atoms with Crippen LogP contribution in [-0.2, 0) is 11.2 Å². The number of amides is 3. The van der Waals surface area contributed by atoms with Gasteiger partial charge in [0.2, 0.25) is 5.91 Å². The molecule has 0 radical (unpaired) electrons. The smallest absolute Gasteiger partial charge is 0.322 e. The number of nitrogens with zero attached hydrogens (tertiary/aromatic N) is 2. The van der Waals surface area contributed by atoms with Crippen molar-refractivity contribution in [3.8, 4) is 5.75 Å². The number of anilines is 1. The molecule has 6 nitrogen and oxygen atoms in total. The molecule has 0 saturated heterocycles. The third kappa shape index (κ3) is 6.46. The molecule has 0 spiro atoms. The molecule has 0 unspecified atom stereocenters. The first-order chi connectivity index (χ1) is 17.3. The van der Waals surface area contributed by atoms with Crippen LogP contribution >= 0.6 is 11.3 Å². The van der Waals surface area contributed by atoms with Crippen LogP contribution in [0, 0.1) is 19.8 Å². The SMILES string of the molecule is Cc1ccc(NC(=O)N(CC(=O)N2CCc3sccc3[C@H]2COc2ccc(C)cc2)CC(C)C)cc1. The maximum Gasteiger partial charge on any atom is 0.322 e. The quantitative estimate of drug-likeness (QED) is 0.405. The number of thiophene rings is 1. The van der Waals surface area contributed by atoms with E-state index in [1.54, 1.807) is 16.2 Å². The molecule has 0 bridgehead atoms. The molecule has 1 aliphatic rings. The van der Waals surface area contributed by atoms with Crippen LogP contribution in [-0.4, -0.2) is 48.0 Å². The Morgan fingerprint density at radius 2 is 1.72 bits per heavy atom. The van der Waals surface area contributed by atoms with Gasteiger partial charge in [-0.15, -0.1) is 11.3 Å². The van der Waals surface area contributed by atoms with Crippen molar-refractivity contribution in [2.75, 3.05) is 31.6 Å². The predicted octanol–water partition coefficient (Wildman–Crippen LogP) is 6.06. The van der Waals surface area contributed by atoms with Crippen molar-refractivity contribution >= 4 is 29.0 Å². The van der Waals surface area contributed by atoms with Crippen LogP contribution in [0.4, 0.5) is 10.5 Å². The molecule has 0 aliphatic carbocycles. The van der Waals surface area contributed by atoms with Crippen molar-refractivity contribution in [3.05, 3.63) is 81.5 Å². The van der Waals surface area contributed by atoms with Crippen LogP contribution in [0.25, 0.3) is 0 Å². The number of hydrogen-bond acceptors (Lipinski definition) is 4. The van der Waals surface area contributed by atoms with E-state index >= 15 is 0 Å². The molecule has 1 atom stereocenters. The van der Waals surface area contributed by atoms with Crippen LogP contribution in [0.15, 0.2) is 60.0 Å². The summed E-state index contributed by atoms with van der Waals surface area (Å²) in [6.45, 7) is 9.65. The van der Waals surface area contributed by atoms with Crippen LogP contribution < -0.4 is 10.1 Å². The summed E-state index contributed by atoms with van der Waals surface area (Å²) < 4.78 is 6.13. The third-order valence-electron chi connectivity index (χ3n) is 6.35. The fourth-order valence-electron chi connectivity index (χ4n) is 4.44. The summed E-state index contributed by atoms with van der Waals surface area (Å²) in [7, 11) is 0. The molecule has 1 aliphatic heterocycles. The molecule has 3 aromatic rings. The minimum atomic E-state index is -0.262. The van der Waals surface area contributed by atoms with E-state index in [9.17, 15) is 9.59 Å². The Balaban J connectivity index is 1.48. The average Bonchev–Trinajstić information content (AvgIpc) is 3.33. The van der Waals surface area contributed by atoms with E-state index in [2.05, 4.69) is 16.8 Å². The molecular formula is C29H35N3O3S. The standard InChI is InChI=1S/C29H35N3O3S/c1-20(2)17-31(29(34)30-23-9-5-21(3)6-10-23)18-28(33)32-15-13-27-25(14-16-36-27)26(32)19-35-24-11-7-22(4)8-12-24/h5-12,14,16,20,26H,13,15,17-19H2,1-4H3,(H,30,34)/t26-/m1/s1. The lowest BCUT2D eigenvalue weighted by Gasteiger charge is -2.37. The predicted molar refractivity (Wildman–Crippen MR) is 146 cm³/mol. The second-order valence-corrected chi connectivity index (χ2v) is 10.8. The molecule has 190 valence electrons.